The van der Waals surface area contributed by atoms with Crippen LogP contribution in [0.2, 0.25) is 0 Å². The predicted octanol–water partition coefficient (Wildman–Crippen LogP) is 3.62. The first-order valence-corrected chi connectivity index (χ1v) is 7.40. The van der Waals surface area contributed by atoms with Crippen LogP contribution in [-0.4, -0.2) is 9.97 Å². The Bertz CT molecular complexity index is 601. The lowest BCUT2D eigenvalue weighted by Gasteiger charge is -2.11. The van der Waals surface area contributed by atoms with Gasteiger partial charge in [0.2, 0.25) is 0 Å². The lowest BCUT2D eigenvalue weighted by atomic mass is 10.0. The van der Waals surface area contributed by atoms with Crippen LogP contribution < -0.4 is 5.73 Å². The van der Waals surface area contributed by atoms with Crippen molar-refractivity contribution in [3.63, 3.8) is 0 Å². The second kappa shape index (κ2) is 5.61. The number of nitrogen functional groups attached to an aromatic ring is 1. The minimum absolute atomic E-state index is 0.580. The van der Waals surface area contributed by atoms with E-state index in [1.54, 1.807) is 0 Å². The molecule has 2 aromatic rings. The first-order chi connectivity index (χ1) is 9.72. The Kier molecular flexibility index (Phi) is 3.68. The Morgan fingerprint density at radius 3 is 2.65 bits per heavy atom. The molecule has 20 heavy (non-hydrogen) atoms. The molecule has 2 N–H and O–H groups in total. The van der Waals surface area contributed by atoms with Crippen LogP contribution >= 0.6 is 0 Å². The number of hydrogen-bond donors (Lipinski definition) is 1. The van der Waals surface area contributed by atoms with Gasteiger partial charge in [0.05, 0.1) is 0 Å². The molecule has 1 saturated carbocycles. The third-order valence-electron chi connectivity index (χ3n) is 4.20. The Balaban J connectivity index is 1.88. The zero-order chi connectivity index (χ0) is 13.9. The van der Waals surface area contributed by atoms with Gasteiger partial charge in [-0.2, -0.15) is 0 Å². The standard InChI is InChI=1S/C17H21N3/c1-12-6-2-3-9-14(12)10-17-19-15(11-16(18)20-17)13-7-4-5-8-13/h2-3,6,9,11,13H,4-5,7-8,10H2,1H3,(H2,18,19,20). The lowest BCUT2D eigenvalue weighted by molar-refractivity contribution is 0.687. The van der Waals surface area contributed by atoms with E-state index in [0.717, 1.165) is 17.9 Å². The van der Waals surface area contributed by atoms with E-state index < -0.39 is 0 Å². The molecule has 1 heterocycles. The van der Waals surface area contributed by atoms with Crippen molar-refractivity contribution < 1.29 is 0 Å². The summed E-state index contributed by atoms with van der Waals surface area (Å²) < 4.78 is 0. The molecule has 3 rings (SSSR count). The molecule has 3 nitrogen and oxygen atoms in total. The second-order valence-electron chi connectivity index (χ2n) is 5.72. The smallest absolute Gasteiger partial charge is 0.135 e. The molecule has 1 fully saturated rings. The molecular weight excluding hydrogens is 246 g/mol. The van der Waals surface area contributed by atoms with Crippen molar-refractivity contribution in [2.45, 2.75) is 44.9 Å². The van der Waals surface area contributed by atoms with Gasteiger partial charge in [-0.05, 0) is 30.9 Å². The number of benzene rings is 1. The van der Waals surface area contributed by atoms with Gasteiger partial charge in [-0.3, -0.25) is 0 Å². The Morgan fingerprint density at radius 1 is 1.15 bits per heavy atom. The third-order valence-corrected chi connectivity index (χ3v) is 4.20. The minimum Gasteiger partial charge on any atom is -0.384 e. The van der Waals surface area contributed by atoms with E-state index in [4.69, 9.17) is 10.7 Å². The van der Waals surface area contributed by atoms with Crippen LogP contribution in [0.4, 0.5) is 5.82 Å². The van der Waals surface area contributed by atoms with Crippen LogP contribution in [0.25, 0.3) is 0 Å². The minimum atomic E-state index is 0.580. The molecule has 0 atom stereocenters. The van der Waals surface area contributed by atoms with Gasteiger partial charge in [0.1, 0.15) is 11.6 Å². The molecule has 1 aromatic carbocycles. The van der Waals surface area contributed by atoms with Crippen LogP contribution in [0.5, 0.6) is 0 Å². The highest BCUT2D eigenvalue weighted by molar-refractivity contribution is 5.34. The van der Waals surface area contributed by atoms with E-state index >= 15 is 0 Å². The third kappa shape index (κ3) is 2.82. The Morgan fingerprint density at radius 2 is 1.90 bits per heavy atom. The van der Waals surface area contributed by atoms with Crippen LogP contribution in [0, 0.1) is 6.92 Å². The van der Waals surface area contributed by atoms with Crippen LogP contribution in [0.15, 0.2) is 30.3 Å². The molecule has 0 bridgehead atoms. The first kappa shape index (κ1) is 13.1. The van der Waals surface area contributed by atoms with E-state index in [0.29, 0.717) is 11.7 Å². The summed E-state index contributed by atoms with van der Waals surface area (Å²) in [5.41, 5.74) is 9.66. The highest BCUT2D eigenvalue weighted by Crippen LogP contribution is 2.33. The molecule has 0 aliphatic heterocycles. The van der Waals surface area contributed by atoms with Crippen molar-refractivity contribution in [3.05, 3.63) is 53.0 Å². The van der Waals surface area contributed by atoms with Gasteiger partial charge in [-0.25, -0.2) is 9.97 Å². The summed E-state index contributed by atoms with van der Waals surface area (Å²) in [5.74, 6) is 2.03. The summed E-state index contributed by atoms with van der Waals surface area (Å²) in [6.07, 6.45) is 5.85. The molecule has 0 unspecified atom stereocenters. The summed E-state index contributed by atoms with van der Waals surface area (Å²) in [7, 11) is 0. The van der Waals surface area contributed by atoms with Gasteiger partial charge in [-0.15, -0.1) is 0 Å². The van der Waals surface area contributed by atoms with Crippen LogP contribution in [0.1, 0.15) is 54.2 Å². The monoisotopic (exact) mass is 267 g/mol. The maximum atomic E-state index is 5.97. The summed E-state index contributed by atoms with van der Waals surface area (Å²) in [5, 5.41) is 0. The highest BCUT2D eigenvalue weighted by Gasteiger charge is 2.19. The van der Waals surface area contributed by atoms with Crippen molar-refractivity contribution >= 4 is 5.82 Å². The van der Waals surface area contributed by atoms with Crippen molar-refractivity contribution in [1.82, 2.24) is 9.97 Å². The van der Waals surface area contributed by atoms with Crippen molar-refractivity contribution in [3.8, 4) is 0 Å². The summed E-state index contributed by atoms with van der Waals surface area (Å²) >= 11 is 0. The largest absolute Gasteiger partial charge is 0.384 e. The number of aryl methyl sites for hydroxylation is 1. The Labute approximate surface area is 120 Å². The molecule has 0 radical (unpaired) electrons. The summed E-state index contributed by atoms with van der Waals surface area (Å²) in [6, 6.07) is 10.3. The van der Waals surface area contributed by atoms with E-state index in [2.05, 4.69) is 36.2 Å². The molecule has 0 spiro atoms. The van der Waals surface area contributed by atoms with Crippen LogP contribution in [-0.2, 0) is 6.42 Å². The molecular formula is C17H21N3. The molecule has 1 aliphatic carbocycles. The summed E-state index contributed by atoms with van der Waals surface area (Å²) in [4.78, 5) is 9.17. The zero-order valence-electron chi connectivity index (χ0n) is 12.0. The number of nitrogens with two attached hydrogens (primary N) is 1. The maximum Gasteiger partial charge on any atom is 0.135 e. The lowest BCUT2D eigenvalue weighted by Crippen LogP contribution is -2.07. The Hall–Kier alpha value is -1.90. The topological polar surface area (TPSA) is 51.8 Å². The second-order valence-corrected chi connectivity index (χ2v) is 5.72. The SMILES string of the molecule is Cc1ccccc1Cc1nc(N)cc(C2CCCC2)n1. The molecule has 104 valence electrons. The number of rotatable bonds is 3. The average Bonchev–Trinajstić information content (AvgIpc) is 2.95. The molecule has 1 aliphatic rings. The van der Waals surface area contributed by atoms with E-state index in [1.165, 1.54) is 36.8 Å². The predicted molar refractivity (Wildman–Crippen MR) is 81.6 cm³/mol. The fourth-order valence-corrected chi connectivity index (χ4v) is 3.03. The van der Waals surface area contributed by atoms with Crippen molar-refractivity contribution in [1.29, 1.82) is 0 Å². The first-order valence-electron chi connectivity index (χ1n) is 7.40. The fourth-order valence-electron chi connectivity index (χ4n) is 3.03. The highest BCUT2D eigenvalue weighted by atomic mass is 14.9. The van der Waals surface area contributed by atoms with Gasteiger partial charge in [0.25, 0.3) is 0 Å². The van der Waals surface area contributed by atoms with E-state index in [1.807, 2.05) is 6.07 Å². The number of nitrogens with zero attached hydrogens (tertiary/aromatic N) is 2. The molecule has 1 aromatic heterocycles. The molecule has 0 saturated heterocycles. The maximum absolute atomic E-state index is 5.97. The molecule has 3 heteroatoms. The zero-order valence-corrected chi connectivity index (χ0v) is 12.0. The summed E-state index contributed by atoms with van der Waals surface area (Å²) in [6.45, 7) is 2.12. The van der Waals surface area contributed by atoms with Crippen LogP contribution in [0.3, 0.4) is 0 Å². The quantitative estimate of drug-likeness (QED) is 0.924. The average molecular weight is 267 g/mol. The number of aromatic nitrogens is 2. The van der Waals surface area contributed by atoms with Gasteiger partial charge in [0.15, 0.2) is 0 Å². The van der Waals surface area contributed by atoms with Crippen molar-refractivity contribution in [2.24, 2.45) is 0 Å². The normalized spacial score (nSPS) is 15.7. The van der Waals surface area contributed by atoms with Gasteiger partial charge < -0.3 is 5.73 Å². The fraction of sp³-hybridized carbons (Fsp3) is 0.412. The van der Waals surface area contributed by atoms with E-state index in [-0.39, 0.29) is 0 Å². The molecule has 0 amide bonds. The van der Waals surface area contributed by atoms with Crippen molar-refractivity contribution in [2.75, 3.05) is 5.73 Å². The van der Waals surface area contributed by atoms with Gasteiger partial charge >= 0.3 is 0 Å². The number of hydrogen-bond acceptors (Lipinski definition) is 3. The van der Waals surface area contributed by atoms with Gasteiger partial charge in [0, 0.05) is 24.1 Å². The van der Waals surface area contributed by atoms with Gasteiger partial charge in [-0.1, -0.05) is 37.1 Å². The van der Waals surface area contributed by atoms with E-state index in [9.17, 15) is 0 Å². The number of anilines is 1.